The van der Waals surface area contributed by atoms with Crippen LogP contribution in [-0.2, 0) is 11.3 Å². The lowest BCUT2D eigenvalue weighted by atomic mass is 10.2. The molecule has 1 aliphatic rings. The van der Waals surface area contributed by atoms with Crippen LogP contribution in [0.15, 0.2) is 51.6 Å². The molecule has 0 atom stereocenters. The molecule has 1 aromatic heterocycles. The Bertz CT molecular complexity index is 724. The Morgan fingerprint density at radius 2 is 1.76 bits per heavy atom. The molecule has 0 saturated carbocycles. The number of piperazine rings is 1. The first-order chi connectivity index (χ1) is 12.1. The van der Waals surface area contributed by atoms with Crippen LogP contribution in [0.1, 0.15) is 16.1 Å². The first-order valence-electron chi connectivity index (χ1n) is 8.19. The van der Waals surface area contributed by atoms with Crippen LogP contribution in [0.4, 0.5) is 0 Å². The topological polar surface area (TPSA) is 65.8 Å². The molecular weight excluding hydrogens is 386 g/mol. The summed E-state index contributed by atoms with van der Waals surface area (Å²) < 4.78 is 5.86. The molecule has 3 rings (SSSR count). The smallest absolute Gasteiger partial charge is 0.289 e. The first-order valence-corrected chi connectivity index (χ1v) is 8.99. The lowest BCUT2D eigenvalue weighted by Crippen LogP contribution is -2.51. The Morgan fingerprint density at radius 1 is 1.04 bits per heavy atom. The van der Waals surface area contributed by atoms with Crippen molar-refractivity contribution in [1.29, 1.82) is 0 Å². The highest BCUT2D eigenvalue weighted by Gasteiger charge is 2.24. The fourth-order valence-corrected chi connectivity index (χ4v) is 3.06. The molecule has 0 bridgehead atoms. The Morgan fingerprint density at radius 3 is 2.40 bits per heavy atom. The lowest BCUT2D eigenvalue weighted by molar-refractivity contribution is -0.122. The second kappa shape index (κ2) is 8.31. The van der Waals surface area contributed by atoms with E-state index in [0.717, 1.165) is 5.56 Å². The van der Waals surface area contributed by atoms with Gasteiger partial charge in [-0.15, -0.1) is 0 Å². The van der Waals surface area contributed by atoms with E-state index >= 15 is 0 Å². The molecule has 1 aliphatic heterocycles. The molecule has 1 fully saturated rings. The van der Waals surface area contributed by atoms with Gasteiger partial charge in [0.15, 0.2) is 10.4 Å². The Hall–Kier alpha value is -2.12. The Labute approximate surface area is 154 Å². The molecule has 2 aromatic rings. The van der Waals surface area contributed by atoms with Crippen molar-refractivity contribution in [2.75, 3.05) is 32.7 Å². The van der Waals surface area contributed by atoms with Crippen LogP contribution in [-0.4, -0.2) is 54.3 Å². The highest BCUT2D eigenvalue weighted by molar-refractivity contribution is 9.10. The quantitative estimate of drug-likeness (QED) is 0.826. The summed E-state index contributed by atoms with van der Waals surface area (Å²) in [6.45, 7) is 3.40. The van der Waals surface area contributed by atoms with Gasteiger partial charge in [0.1, 0.15) is 0 Å². The third kappa shape index (κ3) is 4.93. The summed E-state index contributed by atoms with van der Waals surface area (Å²) in [6.07, 6.45) is 0. The normalized spacial score (nSPS) is 15.2. The van der Waals surface area contributed by atoms with Gasteiger partial charge >= 0.3 is 0 Å². The van der Waals surface area contributed by atoms with Crippen LogP contribution in [0.2, 0.25) is 0 Å². The van der Waals surface area contributed by atoms with Gasteiger partial charge in [0, 0.05) is 32.7 Å². The van der Waals surface area contributed by atoms with Gasteiger partial charge in [-0.3, -0.25) is 14.5 Å². The van der Waals surface area contributed by atoms with Gasteiger partial charge in [-0.25, -0.2) is 0 Å². The number of nitrogens with one attached hydrogen (secondary N) is 1. The van der Waals surface area contributed by atoms with Gasteiger partial charge in [-0.2, -0.15) is 0 Å². The zero-order valence-corrected chi connectivity index (χ0v) is 15.4. The Balaban J connectivity index is 1.41. The minimum absolute atomic E-state index is 0.00130. The van der Waals surface area contributed by atoms with E-state index in [9.17, 15) is 9.59 Å². The predicted molar refractivity (Wildman–Crippen MR) is 97.0 cm³/mol. The van der Waals surface area contributed by atoms with E-state index < -0.39 is 0 Å². The van der Waals surface area contributed by atoms with Crippen molar-refractivity contribution < 1.29 is 14.0 Å². The molecule has 0 spiro atoms. The number of hydrogen-bond acceptors (Lipinski definition) is 4. The van der Waals surface area contributed by atoms with Crippen molar-refractivity contribution in [2.45, 2.75) is 6.54 Å². The molecule has 1 N–H and O–H groups in total. The van der Waals surface area contributed by atoms with Crippen LogP contribution in [0.25, 0.3) is 0 Å². The van der Waals surface area contributed by atoms with Gasteiger partial charge in [-0.05, 0) is 33.6 Å². The van der Waals surface area contributed by atoms with E-state index in [4.69, 9.17) is 4.42 Å². The molecule has 0 aliphatic carbocycles. The standard InChI is InChI=1S/C18H20BrN3O3/c19-16-7-6-15(25-16)18(24)22-10-8-21(9-11-22)13-17(23)20-12-14-4-2-1-3-5-14/h1-7H,8-13H2,(H,20,23). The lowest BCUT2D eigenvalue weighted by Gasteiger charge is -2.33. The molecule has 25 heavy (non-hydrogen) atoms. The summed E-state index contributed by atoms with van der Waals surface area (Å²) in [6, 6.07) is 13.2. The molecule has 6 nitrogen and oxygen atoms in total. The summed E-state index contributed by atoms with van der Waals surface area (Å²) in [5, 5.41) is 2.93. The van der Waals surface area contributed by atoms with E-state index in [1.807, 2.05) is 30.3 Å². The third-order valence-corrected chi connectivity index (χ3v) is 4.57. The molecule has 2 amide bonds. The maximum atomic E-state index is 12.3. The van der Waals surface area contributed by atoms with Crippen molar-refractivity contribution in [3.8, 4) is 0 Å². The number of nitrogens with zero attached hydrogens (tertiary/aromatic N) is 2. The number of carbonyl (C=O) groups is 2. The molecule has 1 aromatic carbocycles. The van der Waals surface area contributed by atoms with E-state index in [1.165, 1.54) is 0 Å². The molecular formula is C18H20BrN3O3. The van der Waals surface area contributed by atoms with E-state index in [2.05, 4.69) is 26.1 Å². The second-order valence-corrected chi connectivity index (χ2v) is 6.72. The highest BCUT2D eigenvalue weighted by Crippen LogP contribution is 2.16. The SMILES string of the molecule is O=C(CN1CCN(C(=O)c2ccc(Br)o2)CC1)NCc1ccccc1. The van der Waals surface area contributed by atoms with Crippen LogP contribution in [0, 0.1) is 0 Å². The van der Waals surface area contributed by atoms with Gasteiger partial charge in [0.2, 0.25) is 5.91 Å². The van der Waals surface area contributed by atoms with Gasteiger partial charge in [0.05, 0.1) is 6.54 Å². The van der Waals surface area contributed by atoms with Gasteiger partial charge in [-0.1, -0.05) is 30.3 Å². The molecule has 7 heteroatoms. The van der Waals surface area contributed by atoms with Gasteiger partial charge < -0.3 is 14.6 Å². The monoisotopic (exact) mass is 405 g/mol. The largest absolute Gasteiger partial charge is 0.444 e. The van der Waals surface area contributed by atoms with Crippen molar-refractivity contribution >= 4 is 27.7 Å². The second-order valence-electron chi connectivity index (χ2n) is 5.93. The average molecular weight is 406 g/mol. The Kier molecular flexibility index (Phi) is 5.88. The van der Waals surface area contributed by atoms with E-state index in [1.54, 1.807) is 17.0 Å². The summed E-state index contributed by atoms with van der Waals surface area (Å²) in [5.74, 6) is 0.221. The van der Waals surface area contributed by atoms with Crippen LogP contribution < -0.4 is 5.32 Å². The van der Waals surface area contributed by atoms with Crippen LogP contribution >= 0.6 is 15.9 Å². The van der Waals surface area contributed by atoms with Crippen molar-refractivity contribution in [1.82, 2.24) is 15.1 Å². The van der Waals surface area contributed by atoms with Crippen molar-refractivity contribution in [2.24, 2.45) is 0 Å². The molecule has 2 heterocycles. The number of carbonyl (C=O) groups excluding carboxylic acids is 2. The number of amides is 2. The number of halogens is 1. The molecule has 1 saturated heterocycles. The number of rotatable bonds is 5. The number of benzene rings is 1. The van der Waals surface area contributed by atoms with E-state index in [0.29, 0.717) is 49.7 Å². The minimum atomic E-state index is -0.112. The van der Waals surface area contributed by atoms with E-state index in [-0.39, 0.29) is 11.8 Å². The van der Waals surface area contributed by atoms with Crippen molar-refractivity contribution in [3.05, 3.63) is 58.5 Å². The zero-order chi connectivity index (χ0) is 17.6. The summed E-state index contributed by atoms with van der Waals surface area (Å²) >= 11 is 3.20. The third-order valence-electron chi connectivity index (χ3n) is 4.14. The average Bonchev–Trinajstić information content (AvgIpc) is 3.07. The predicted octanol–water partition coefficient (Wildman–Crippen LogP) is 2.12. The number of furan rings is 1. The molecule has 132 valence electrons. The molecule has 0 radical (unpaired) electrons. The van der Waals surface area contributed by atoms with Gasteiger partial charge in [0.25, 0.3) is 5.91 Å². The maximum Gasteiger partial charge on any atom is 0.289 e. The summed E-state index contributed by atoms with van der Waals surface area (Å²) in [4.78, 5) is 28.2. The summed E-state index contributed by atoms with van der Waals surface area (Å²) in [5.41, 5.74) is 1.08. The zero-order valence-electron chi connectivity index (χ0n) is 13.8. The highest BCUT2D eigenvalue weighted by atomic mass is 79.9. The van der Waals surface area contributed by atoms with Crippen LogP contribution in [0.5, 0.6) is 0 Å². The summed E-state index contributed by atoms with van der Waals surface area (Å²) in [7, 11) is 0. The maximum absolute atomic E-state index is 12.3. The fraction of sp³-hybridized carbons (Fsp3) is 0.333. The molecule has 0 unspecified atom stereocenters. The fourth-order valence-electron chi connectivity index (χ4n) is 2.75. The first kappa shape index (κ1) is 17.7. The minimum Gasteiger partial charge on any atom is -0.444 e. The number of hydrogen-bond donors (Lipinski definition) is 1. The van der Waals surface area contributed by atoms with Crippen molar-refractivity contribution in [3.63, 3.8) is 0 Å². The van der Waals surface area contributed by atoms with Crippen LogP contribution in [0.3, 0.4) is 0 Å².